The molecule has 176 valence electrons. The predicted octanol–water partition coefficient (Wildman–Crippen LogP) is 5.55. The quantitative estimate of drug-likeness (QED) is 0.330. The molecule has 0 bridgehead atoms. The summed E-state index contributed by atoms with van der Waals surface area (Å²) < 4.78 is 17.0. The average Bonchev–Trinajstić information content (AvgIpc) is 3.29. The summed E-state index contributed by atoms with van der Waals surface area (Å²) in [6.07, 6.45) is 1.25. The van der Waals surface area contributed by atoms with Gasteiger partial charge in [0.15, 0.2) is 17.6 Å². The van der Waals surface area contributed by atoms with Crippen molar-refractivity contribution < 1.29 is 19.0 Å². The van der Waals surface area contributed by atoms with Gasteiger partial charge in [0.2, 0.25) is 0 Å². The number of nitrogens with one attached hydrogen (secondary N) is 2. The van der Waals surface area contributed by atoms with Gasteiger partial charge in [0.05, 0.1) is 19.2 Å². The molecule has 2 N–H and O–H groups in total. The summed E-state index contributed by atoms with van der Waals surface area (Å²) in [5.74, 6) is 1.29. The average molecular weight is 479 g/mol. The van der Waals surface area contributed by atoms with Crippen LogP contribution in [-0.2, 0) is 4.79 Å². The molecule has 7 heteroatoms. The van der Waals surface area contributed by atoms with Crippen LogP contribution in [0, 0.1) is 0 Å². The second-order valence-corrected chi connectivity index (χ2v) is 8.27. The lowest BCUT2D eigenvalue weighted by molar-refractivity contribution is -0.127. The molecule has 3 aromatic carbocycles. The first kappa shape index (κ1) is 23.5. The molecule has 1 amide bonds. The van der Waals surface area contributed by atoms with E-state index >= 15 is 0 Å². The smallest absolute Gasteiger partial charge is 0.260 e. The number of hydrogen-bond donors (Lipinski definition) is 2. The molecule has 34 heavy (non-hydrogen) atoms. The molecule has 0 saturated carbocycles. The van der Waals surface area contributed by atoms with Crippen molar-refractivity contribution in [3.05, 3.63) is 89.1 Å². The molecule has 0 aliphatic carbocycles. The molecule has 4 rings (SSSR count). The van der Waals surface area contributed by atoms with E-state index in [2.05, 4.69) is 16.4 Å². The van der Waals surface area contributed by atoms with Crippen molar-refractivity contribution in [3.8, 4) is 17.2 Å². The number of carbonyl (C=O) groups excluding carboxylic acids is 1. The van der Waals surface area contributed by atoms with Gasteiger partial charge >= 0.3 is 0 Å². The number of halogens is 1. The zero-order valence-electron chi connectivity index (χ0n) is 19.3. The van der Waals surface area contributed by atoms with Crippen molar-refractivity contribution in [2.24, 2.45) is 0 Å². The predicted molar refractivity (Wildman–Crippen MR) is 134 cm³/mol. The lowest BCUT2D eigenvalue weighted by Gasteiger charge is -2.23. The molecule has 0 aliphatic heterocycles. The molecule has 6 nitrogen and oxygen atoms in total. The Morgan fingerprint density at radius 1 is 0.941 bits per heavy atom. The maximum absolute atomic E-state index is 13.0. The number of rotatable bonds is 9. The summed E-state index contributed by atoms with van der Waals surface area (Å²) in [6, 6.07) is 20.9. The van der Waals surface area contributed by atoms with Crippen LogP contribution in [0.4, 0.5) is 0 Å². The maximum Gasteiger partial charge on any atom is 0.260 e. The van der Waals surface area contributed by atoms with Crippen molar-refractivity contribution in [1.82, 2.24) is 10.3 Å². The van der Waals surface area contributed by atoms with E-state index in [0.29, 0.717) is 28.8 Å². The van der Waals surface area contributed by atoms with Crippen LogP contribution in [0.15, 0.2) is 72.9 Å². The maximum atomic E-state index is 13.0. The number of amides is 1. The fourth-order valence-electron chi connectivity index (χ4n) is 4.09. The van der Waals surface area contributed by atoms with Crippen molar-refractivity contribution in [2.75, 3.05) is 20.8 Å². The first-order chi connectivity index (χ1) is 16.5. The molecule has 2 atom stereocenters. The number of aromatic nitrogens is 1. The molecule has 1 heterocycles. The summed E-state index contributed by atoms with van der Waals surface area (Å²) in [5.41, 5.74) is 2.97. The SMILES string of the molecule is COc1cccc(C(CNC(=O)C(C)Oc2ccccc2Cl)c2c[nH]c3ccccc23)c1OC. The molecular weight excluding hydrogens is 452 g/mol. The molecule has 0 radical (unpaired) electrons. The highest BCUT2D eigenvalue weighted by atomic mass is 35.5. The Morgan fingerprint density at radius 2 is 1.68 bits per heavy atom. The summed E-state index contributed by atoms with van der Waals surface area (Å²) in [6.45, 7) is 2.03. The third kappa shape index (κ3) is 4.82. The summed E-state index contributed by atoms with van der Waals surface area (Å²) in [7, 11) is 3.23. The van der Waals surface area contributed by atoms with Crippen molar-refractivity contribution in [3.63, 3.8) is 0 Å². The van der Waals surface area contributed by atoms with Crippen LogP contribution in [0.1, 0.15) is 24.0 Å². The second-order valence-electron chi connectivity index (χ2n) is 7.86. The standard InChI is InChI=1S/C27H27ClN2O4/c1-17(34-24-13-7-5-11-22(24)28)27(31)30-16-21(19-10-8-14-25(32-2)26(19)33-3)20-15-29-23-12-6-4-9-18(20)23/h4-15,17,21,29H,16H2,1-3H3,(H,30,31). The third-order valence-electron chi connectivity index (χ3n) is 5.80. The normalized spacial score (nSPS) is 12.7. The monoisotopic (exact) mass is 478 g/mol. The minimum absolute atomic E-state index is 0.197. The topological polar surface area (TPSA) is 72.6 Å². The van der Waals surface area contributed by atoms with Gasteiger partial charge in [0, 0.05) is 35.1 Å². The number of fused-ring (bicyclic) bond motifs is 1. The zero-order valence-corrected chi connectivity index (χ0v) is 20.1. The number of hydrogen-bond acceptors (Lipinski definition) is 4. The number of methoxy groups -OCH3 is 2. The number of ether oxygens (including phenoxy) is 3. The molecular formula is C27H27ClN2O4. The van der Waals surface area contributed by atoms with E-state index in [1.807, 2.05) is 54.7 Å². The van der Waals surface area contributed by atoms with Crippen molar-refractivity contribution in [2.45, 2.75) is 18.9 Å². The van der Waals surface area contributed by atoms with E-state index in [-0.39, 0.29) is 11.8 Å². The van der Waals surface area contributed by atoms with Crippen LogP contribution < -0.4 is 19.5 Å². The number of carbonyl (C=O) groups is 1. The van der Waals surface area contributed by atoms with Crippen LogP contribution in [0.25, 0.3) is 10.9 Å². The molecule has 4 aromatic rings. The third-order valence-corrected chi connectivity index (χ3v) is 6.11. The van der Waals surface area contributed by atoms with E-state index < -0.39 is 6.10 Å². The largest absolute Gasteiger partial charge is 0.493 e. The van der Waals surface area contributed by atoms with E-state index in [1.165, 1.54) is 0 Å². The van der Waals surface area contributed by atoms with Gasteiger partial charge in [0.1, 0.15) is 5.75 Å². The Hall–Kier alpha value is -3.64. The van der Waals surface area contributed by atoms with Crippen LogP contribution in [0.3, 0.4) is 0 Å². The minimum Gasteiger partial charge on any atom is -0.493 e. The molecule has 0 fully saturated rings. The highest BCUT2D eigenvalue weighted by Crippen LogP contribution is 2.40. The van der Waals surface area contributed by atoms with Crippen LogP contribution >= 0.6 is 11.6 Å². The molecule has 0 saturated heterocycles. The van der Waals surface area contributed by atoms with Crippen molar-refractivity contribution >= 4 is 28.4 Å². The van der Waals surface area contributed by atoms with Gasteiger partial charge in [-0.05, 0) is 36.8 Å². The van der Waals surface area contributed by atoms with Gasteiger partial charge < -0.3 is 24.5 Å². The lowest BCUT2D eigenvalue weighted by Crippen LogP contribution is -2.38. The van der Waals surface area contributed by atoms with E-state index in [4.69, 9.17) is 25.8 Å². The van der Waals surface area contributed by atoms with Gasteiger partial charge in [-0.1, -0.05) is 54.1 Å². The van der Waals surface area contributed by atoms with E-state index in [1.54, 1.807) is 33.3 Å². The van der Waals surface area contributed by atoms with Crippen molar-refractivity contribution in [1.29, 1.82) is 0 Å². The molecule has 0 spiro atoms. The number of para-hydroxylation sites is 3. The highest BCUT2D eigenvalue weighted by Gasteiger charge is 2.25. The first-order valence-corrected chi connectivity index (χ1v) is 11.4. The molecule has 1 aromatic heterocycles. The zero-order chi connectivity index (χ0) is 24.1. The Kier molecular flexibility index (Phi) is 7.28. The second kappa shape index (κ2) is 10.5. The summed E-state index contributed by atoms with van der Waals surface area (Å²) in [5, 5.41) is 4.58. The molecule has 0 aliphatic rings. The number of H-pyrrole nitrogens is 1. The highest BCUT2D eigenvalue weighted by molar-refractivity contribution is 6.32. The first-order valence-electron chi connectivity index (χ1n) is 11.0. The fraction of sp³-hybridized carbons (Fsp3) is 0.222. The fourth-order valence-corrected chi connectivity index (χ4v) is 4.27. The Labute approximate surface area is 203 Å². The van der Waals surface area contributed by atoms with E-state index in [9.17, 15) is 4.79 Å². The lowest BCUT2D eigenvalue weighted by atomic mass is 9.89. The molecule has 2 unspecified atom stereocenters. The Morgan fingerprint density at radius 3 is 2.44 bits per heavy atom. The minimum atomic E-state index is -0.726. The number of aromatic amines is 1. The summed E-state index contributed by atoms with van der Waals surface area (Å²) in [4.78, 5) is 16.3. The van der Waals surface area contributed by atoms with E-state index in [0.717, 1.165) is 22.0 Å². The van der Waals surface area contributed by atoms with Gasteiger partial charge in [0.25, 0.3) is 5.91 Å². The van der Waals surface area contributed by atoms with Gasteiger partial charge in [-0.15, -0.1) is 0 Å². The van der Waals surface area contributed by atoms with Gasteiger partial charge in [-0.25, -0.2) is 0 Å². The number of benzene rings is 3. The Balaban J connectivity index is 1.63. The van der Waals surface area contributed by atoms with Gasteiger partial charge in [-0.2, -0.15) is 0 Å². The Bertz CT molecular complexity index is 1290. The van der Waals surface area contributed by atoms with Crippen LogP contribution in [0.5, 0.6) is 17.2 Å². The van der Waals surface area contributed by atoms with Crippen LogP contribution in [0.2, 0.25) is 5.02 Å². The van der Waals surface area contributed by atoms with Gasteiger partial charge in [-0.3, -0.25) is 4.79 Å². The summed E-state index contributed by atoms with van der Waals surface area (Å²) >= 11 is 6.18. The van der Waals surface area contributed by atoms with Crippen LogP contribution in [-0.4, -0.2) is 37.8 Å².